The van der Waals surface area contributed by atoms with E-state index in [1.165, 1.54) is 12.1 Å². The molecule has 0 bridgehead atoms. The van der Waals surface area contributed by atoms with Crippen molar-refractivity contribution in [2.24, 2.45) is 0 Å². The van der Waals surface area contributed by atoms with Crippen LogP contribution in [0.4, 0.5) is 0 Å². The largest absolute Gasteiger partial charge is 0.483 e. The molecule has 0 amide bonds. The van der Waals surface area contributed by atoms with Gasteiger partial charge in [0.15, 0.2) is 5.05 Å². The van der Waals surface area contributed by atoms with Gasteiger partial charge in [0, 0.05) is 0 Å². The van der Waals surface area contributed by atoms with Crippen molar-refractivity contribution in [1.82, 2.24) is 0 Å². The summed E-state index contributed by atoms with van der Waals surface area (Å²) in [6, 6.07) is 6.60. The number of hydrogen-bond acceptors (Lipinski definition) is 5. The van der Waals surface area contributed by atoms with Gasteiger partial charge in [-0.15, -0.1) is 0 Å². The summed E-state index contributed by atoms with van der Waals surface area (Å²) in [7, 11) is -2.47. The molecule has 0 spiro atoms. The van der Waals surface area contributed by atoms with E-state index in [1.807, 2.05) is 0 Å². The molecular weight excluding hydrogens is 296 g/mol. The fourth-order valence-corrected chi connectivity index (χ4v) is 2.23. The Kier molecular flexibility index (Phi) is 6.32. The number of benzene rings is 1. The summed E-state index contributed by atoms with van der Waals surface area (Å²) in [5, 5.41) is 0.437. The second kappa shape index (κ2) is 7.52. The highest BCUT2D eigenvalue weighted by atomic mass is 32.2. The van der Waals surface area contributed by atoms with Crippen LogP contribution in [-0.2, 0) is 25.5 Å². The van der Waals surface area contributed by atoms with Gasteiger partial charge in [-0.3, -0.25) is 4.18 Å². The van der Waals surface area contributed by atoms with Crippen LogP contribution in [0, 0.1) is 0 Å². The Hall–Kier alpha value is -1.24. The first-order chi connectivity index (χ1) is 9.36. The molecule has 4 nitrogen and oxygen atoms in total. The first-order valence-corrected chi connectivity index (χ1v) is 7.90. The van der Waals surface area contributed by atoms with Gasteiger partial charge in [0.1, 0.15) is 0 Å². The molecule has 0 fully saturated rings. The molecule has 20 heavy (non-hydrogen) atoms. The maximum atomic E-state index is 11.4. The van der Waals surface area contributed by atoms with Gasteiger partial charge in [0.2, 0.25) is 0 Å². The van der Waals surface area contributed by atoms with Gasteiger partial charge in [0.25, 0.3) is 10.1 Å². The highest BCUT2D eigenvalue weighted by molar-refractivity contribution is 7.86. The molecule has 0 heterocycles. The monoisotopic (exact) mass is 314 g/mol. The molecule has 0 atom stereocenters. The summed E-state index contributed by atoms with van der Waals surface area (Å²) in [6.07, 6.45) is 1.58. The van der Waals surface area contributed by atoms with E-state index >= 15 is 0 Å². The zero-order valence-electron chi connectivity index (χ0n) is 11.6. The van der Waals surface area contributed by atoms with Crippen molar-refractivity contribution in [3.8, 4) is 0 Å². The summed E-state index contributed by atoms with van der Waals surface area (Å²) in [4.78, 5) is 0.156. The van der Waals surface area contributed by atoms with Crippen LogP contribution >= 0.6 is 12.2 Å². The summed E-state index contributed by atoms with van der Waals surface area (Å²) in [5.41, 5.74) is 1.78. The van der Waals surface area contributed by atoms with Crippen LogP contribution in [-0.4, -0.2) is 27.2 Å². The number of thiocarbonyl (C=S) groups is 1. The fourth-order valence-electron chi connectivity index (χ4n) is 1.48. The Morgan fingerprint density at radius 1 is 1.30 bits per heavy atom. The molecule has 1 rings (SSSR count). The van der Waals surface area contributed by atoms with Crippen LogP contribution in [0.2, 0.25) is 0 Å². The molecule has 110 valence electrons. The van der Waals surface area contributed by atoms with Gasteiger partial charge in [-0.05, 0) is 55.3 Å². The normalized spacial score (nSPS) is 11.1. The smallest absolute Gasteiger partial charge is 0.296 e. The lowest BCUT2D eigenvalue weighted by Crippen LogP contribution is -2.05. The number of rotatable bonds is 7. The van der Waals surface area contributed by atoms with Gasteiger partial charge < -0.3 is 4.74 Å². The lowest BCUT2D eigenvalue weighted by molar-refractivity contribution is 0.306. The molecule has 0 aromatic heterocycles. The molecule has 0 saturated heterocycles. The van der Waals surface area contributed by atoms with E-state index in [1.54, 1.807) is 19.1 Å². The van der Waals surface area contributed by atoms with Crippen molar-refractivity contribution in [2.75, 3.05) is 13.7 Å². The predicted octanol–water partition coefficient (Wildman–Crippen LogP) is 2.87. The summed E-state index contributed by atoms with van der Waals surface area (Å²) in [5.74, 6) is 0. The molecule has 6 heteroatoms. The minimum absolute atomic E-state index is 0.156. The quantitative estimate of drug-likeness (QED) is 0.335. The maximum Gasteiger partial charge on any atom is 0.296 e. The molecule has 0 aliphatic carbocycles. The van der Waals surface area contributed by atoms with Crippen molar-refractivity contribution in [3.63, 3.8) is 0 Å². The fraction of sp³-hybridized carbons (Fsp3) is 0.357. The molecule has 0 saturated carbocycles. The minimum Gasteiger partial charge on any atom is -0.483 e. The first kappa shape index (κ1) is 16.8. The topological polar surface area (TPSA) is 52.6 Å². The molecule has 0 unspecified atom stereocenters. The average molecular weight is 314 g/mol. The third-order valence-electron chi connectivity index (χ3n) is 2.62. The Morgan fingerprint density at radius 2 is 1.90 bits per heavy atom. The van der Waals surface area contributed by atoms with Crippen molar-refractivity contribution >= 4 is 27.4 Å². The second-order valence-corrected chi connectivity index (χ2v) is 6.37. The first-order valence-electron chi connectivity index (χ1n) is 6.09. The molecule has 1 aromatic carbocycles. The predicted molar refractivity (Wildman–Crippen MR) is 82.3 cm³/mol. The SMILES string of the molecule is C=C(C)C(=S)OCCCc1ccc(S(=O)(=O)OC)cc1. The molecular formula is C14H18O4S2. The standard InChI is InChI=1S/C14H18O4S2/c1-11(2)14(19)18-10-4-5-12-6-8-13(9-7-12)20(15,16)17-3/h6-9H,1,4-5,10H2,2-3H3. The van der Waals surface area contributed by atoms with E-state index in [-0.39, 0.29) is 4.90 Å². The third-order valence-corrected chi connectivity index (χ3v) is 4.38. The summed E-state index contributed by atoms with van der Waals surface area (Å²) < 4.78 is 32.7. The van der Waals surface area contributed by atoms with E-state index in [0.29, 0.717) is 11.7 Å². The van der Waals surface area contributed by atoms with Crippen molar-refractivity contribution in [3.05, 3.63) is 42.0 Å². The number of hydrogen-bond donors (Lipinski definition) is 0. The van der Waals surface area contributed by atoms with E-state index in [4.69, 9.17) is 17.0 Å². The molecule has 0 aliphatic rings. The Morgan fingerprint density at radius 3 is 2.40 bits per heavy atom. The molecule has 0 N–H and O–H groups in total. The van der Waals surface area contributed by atoms with Gasteiger partial charge in [-0.1, -0.05) is 18.7 Å². The highest BCUT2D eigenvalue weighted by Crippen LogP contribution is 2.13. The van der Waals surface area contributed by atoms with Crippen LogP contribution in [0.25, 0.3) is 0 Å². The lowest BCUT2D eigenvalue weighted by Gasteiger charge is -2.07. The Labute approximate surface area is 125 Å². The van der Waals surface area contributed by atoms with Gasteiger partial charge >= 0.3 is 0 Å². The number of ether oxygens (including phenoxy) is 1. The van der Waals surface area contributed by atoms with Crippen LogP contribution in [0.1, 0.15) is 18.9 Å². The van der Waals surface area contributed by atoms with Gasteiger partial charge in [0.05, 0.1) is 18.6 Å². The van der Waals surface area contributed by atoms with E-state index in [2.05, 4.69) is 10.8 Å². The van der Waals surface area contributed by atoms with E-state index in [0.717, 1.165) is 31.1 Å². The Bertz CT molecular complexity index is 574. The van der Waals surface area contributed by atoms with Crippen molar-refractivity contribution in [1.29, 1.82) is 0 Å². The van der Waals surface area contributed by atoms with E-state index < -0.39 is 10.1 Å². The van der Waals surface area contributed by atoms with Crippen LogP contribution in [0.15, 0.2) is 41.3 Å². The average Bonchev–Trinajstić information content (AvgIpc) is 2.43. The van der Waals surface area contributed by atoms with Crippen molar-refractivity contribution in [2.45, 2.75) is 24.7 Å². The third kappa shape index (κ3) is 5.03. The summed E-state index contributed by atoms with van der Waals surface area (Å²) >= 11 is 4.98. The summed E-state index contributed by atoms with van der Waals surface area (Å²) in [6.45, 7) is 6.02. The highest BCUT2D eigenvalue weighted by Gasteiger charge is 2.11. The van der Waals surface area contributed by atoms with Crippen LogP contribution < -0.4 is 0 Å². The molecule has 1 aromatic rings. The van der Waals surface area contributed by atoms with E-state index in [9.17, 15) is 8.42 Å². The van der Waals surface area contributed by atoms with Crippen LogP contribution in [0.5, 0.6) is 0 Å². The zero-order valence-corrected chi connectivity index (χ0v) is 13.2. The zero-order chi connectivity index (χ0) is 15.2. The van der Waals surface area contributed by atoms with Crippen molar-refractivity contribution < 1.29 is 17.3 Å². The van der Waals surface area contributed by atoms with Gasteiger partial charge in [-0.2, -0.15) is 8.42 Å². The number of aryl methyl sites for hydroxylation is 1. The second-order valence-electron chi connectivity index (χ2n) is 4.28. The molecule has 0 radical (unpaired) electrons. The van der Waals surface area contributed by atoms with Gasteiger partial charge in [-0.25, -0.2) is 0 Å². The van der Waals surface area contributed by atoms with Crippen LogP contribution in [0.3, 0.4) is 0 Å². The Balaban J connectivity index is 2.47. The lowest BCUT2D eigenvalue weighted by atomic mass is 10.1. The minimum atomic E-state index is -3.61. The molecule has 0 aliphatic heterocycles. The maximum absolute atomic E-state index is 11.4.